The molecule has 0 saturated carbocycles. The van der Waals surface area contributed by atoms with E-state index >= 15 is 0 Å². The number of aromatic nitrogens is 1. The molecule has 0 saturated heterocycles. The van der Waals surface area contributed by atoms with Gasteiger partial charge in [-0.3, -0.25) is 0 Å². The average molecular weight is 283 g/mol. The molecule has 0 radical (unpaired) electrons. The molecule has 0 spiro atoms. The molecule has 2 rings (SSSR count). The number of thiophene rings is 1. The SMILES string of the molecule is CCCNC(C)c1cccn1Cc1ccc(Cl)s1. The van der Waals surface area contributed by atoms with Gasteiger partial charge in [-0.25, -0.2) is 0 Å². The zero-order valence-electron chi connectivity index (χ0n) is 10.8. The summed E-state index contributed by atoms with van der Waals surface area (Å²) in [5.41, 5.74) is 1.33. The first-order valence-electron chi connectivity index (χ1n) is 6.33. The molecule has 98 valence electrons. The maximum atomic E-state index is 5.97. The summed E-state index contributed by atoms with van der Waals surface area (Å²) in [7, 11) is 0. The van der Waals surface area contributed by atoms with Crippen LogP contribution >= 0.6 is 22.9 Å². The number of rotatable bonds is 6. The van der Waals surface area contributed by atoms with E-state index in [1.807, 2.05) is 6.07 Å². The molecule has 0 aliphatic heterocycles. The minimum Gasteiger partial charge on any atom is -0.345 e. The second-order valence-electron chi connectivity index (χ2n) is 4.44. The smallest absolute Gasteiger partial charge is 0.0931 e. The highest BCUT2D eigenvalue weighted by atomic mass is 35.5. The third-order valence-electron chi connectivity index (χ3n) is 2.96. The maximum Gasteiger partial charge on any atom is 0.0931 e. The number of halogens is 1. The summed E-state index contributed by atoms with van der Waals surface area (Å²) in [5.74, 6) is 0. The van der Waals surface area contributed by atoms with Gasteiger partial charge in [0, 0.05) is 22.8 Å². The molecule has 1 N–H and O–H groups in total. The van der Waals surface area contributed by atoms with Crippen LogP contribution in [0.25, 0.3) is 0 Å². The Balaban J connectivity index is 2.07. The molecule has 18 heavy (non-hydrogen) atoms. The van der Waals surface area contributed by atoms with Crippen molar-refractivity contribution >= 4 is 22.9 Å². The number of nitrogens with zero attached hydrogens (tertiary/aromatic N) is 1. The van der Waals surface area contributed by atoms with Gasteiger partial charge in [-0.2, -0.15) is 0 Å². The topological polar surface area (TPSA) is 17.0 Å². The summed E-state index contributed by atoms with van der Waals surface area (Å²) in [6.07, 6.45) is 3.29. The molecule has 2 heterocycles. The lowest BCUT2D eigenvalue weighted by atomic mass is 10.2. The molecule has 0 bridgehead atoms. The van der Waals surface area contributed by atoms with Crippen LogP contribution in [0.15, 0.2) is 30.5 Å². The fourth-order valence-corrected chi connectivity index (χ4v) is 3.12. The van der Waals surface area contributed by atoms with E-state index in [0.717, 1.165) is 23.8 Å². The predicted octanol–water partition coefficient (Wildman–Crippen LogP) is 4.31. The summed E-state index contributed by atoms with van der Waals surface area (Å²) >= 11 is 7.62. The summed E-state index contributed by atoms with van der Waals surface area (Å²) in [5, 5.41) is 3.52. The lowest BCUT2D eigenvalue weighted by Gasteiger charge is -2.16. The van der Waals surface area contributed by atoms with Crippen LogP contribution < -0.4 is 5.32 Å². The zero-order chi connectivity index (χ0) is 13.0. The van der Waals surface area contributed by atoms with Gasteiger partial charge in [0.2, 0.25) is 0 Å². The highest BCUT2D eigenvalue weighted by Crippen LogP contribution is 2.23. The Labute approximate surface area is 118 Å². The summed E-state index contributed by atoms with van der Waals surface area (Å²) in [6, 6.07) is 8.73. The van der Waals surface area contributed by atoms with Crippen molar-refractivity contribution in [2.75, 3.05) is 6.54 Å². The van der Waals surface area contributed by atoms with Gasteiger partial charge in [-0.1, -0.05) is 18.5 Å². The fraction of sp³-hybridized carbons (Fsp3) is 0.429. The molecule has 2 nitrogen and oxygen atoms in total. The van der Waals surface area contributed by atoms with E-state index in [4.69, 9.17) is 11.6 Å². The Hall–Kier alpha value is -0.770. The first kappa shape index (κ1) is 13.7. The minimum atomic E-state index is 0.385. The first-order chi connectivity index (χ1) is 8.70. The zero-order valence-corrected chi connectivity index (χ0v) is 12.4. The van der Waals surface area contributed by atoms with Gasteiger partial charge in [0.15, 0.2) is 0 Å². The van der Waals surface area contributed by atoms with Crippen LogP contribution in [0, 0.1) is 0 Å². The Morgan fingerprint density at radius 3 is 2.89 bits per heavy atom. The Morgan fingerprint density at radius 1 is 1.39 bits per heavy atom. The van der Waals surface area contributed by atoms with Gasteiger partial charge >= 0.3 is 0 Å². The van der Waals surface area contributed by atoms with E-state index in [2.05, 4.69) is 48.1 Å². The van der Waals surface area contributed by atoms with Gasteiger partial charge in [0.05, 0.1) is 10.9 Å². The van der Waals surface area contributed by atoms with Gasteiger partial charge in [0.1, 0.15) is 0 Å². The molecule has 2 aromatic rings. The Kier molecular flexibility index (Phi) is 4.87. The highest BCUT2D eigenvalue weighted by Gasteiger charge is 2.10. The van der Waals surface area contributed by atoms with E-state index in [1.54, 1.807) is 11.3 Å². The van der Waals surface area contributed by atoms with Crippen molar-refractivity contribution in [3.05, 3.63) is 45.4 Å². The van der Waals surface area contributed by atoms with E-state index in [0.29, 0.717) is 6.04 Å². The largest absolute Gasteiger partial charge is 0.345 e. The van der Waals surface area contributed by atoms with Crippen LogP contribution in [0.2, 0.25) is 4.34 Å². The molecule has 0 fully saturated rings. The third-order valence-corrected chi connectivity index (χ3v) is 4.18. The maximum absolute atomic E-state index is 5.97. The normalized spacial score (nSPS) is 12.8. The molecule has 0 aliphatic carbocycles. The Morgan fingerprint density at radius 2 is 2.22 bits per heavy atom. The van der Waals surface area contributed by atoms with E-state index < -0.39 is 0 Å². The van der Waals surface area contributed by atoms with E-state index in [9.17, 15) is 0 Å². The predicted molar refractivity (Wildman–Crippen MR) is 79.6 cm³/mol. The first-order valence-corrected chi connectivity index (χ1v) is 7.52. The molecular weight excluding hydrogens is 264 g/mol. The molecule has 1 unspecified atom stereocenters. The molecule has 4 heteroatoms. The van der Waals surface area contributed by atoms with Crippen LogP contribution in [-0.4, -0.2) is 11.1 Å². The van der Waals surface area contributed by atoms with Crippen LogP contribution in [-0.2, 0) is 6.54 Å². The second-order valence-corrected chi connectivity index (χ2v) is 6.24. The minimum absolute atomic E-state index is 0.385. The van der Waals surface area contributed by atoms with Crippen molar-refractivity contribution in [1.82, 2.24) is 9.88 Å². The van der Waals surface area contributed by atoms with Crippen LogP contribution in [0.4, 0.5) is 0 Å². The van der Waals surface area contributed by atoms with Gasteiger partial charge in [-0.15, -0.1) is 11.3 Å². The molecule has 0 aromatic carbocycles. The van der Waals surface area contributed by atoms with Crippen molar-refractivity contribution in [2.24, 2.45) is 0 Å². The van der Waals surface area contributed by atoms with Crippen LogP contribution in [0.5, 0.6) is 0 Å². The van der Waals surface area contributed by atoms with Gasteiger partial charge in [0.25, 0.3) is 0 Å². The number of hydrogen-bond acceptors (Lipinski definition) is 2. The molecule has 2 aromatic heterocycles. The average Bonchev–Trinajstić information content (AvgIpc) is 2.96. The molecule has 0 aliphatic rings. The summed E-state index contributed by atoms with van der Waals surface area (Å²) in [6.45, 7) is 6.35. The van der Waals surface area contributed by atoms with Crippen molar-refractivity contribution in [2.45, 2.75) is 32.9 Å². The summed E-state index contributed by atoms with van der Waals surface area (Å²) < 4.78 is 3.14. The number of nitrogens with one attached hydrogen (secondary N) is 1. The van der Waals surface area contributed by atoms with E-state index in [-0.39, 0.29) is 0 Å². The molecule has 0 amide bonds. The van der Waals surface area contributed by atoms with Crippen LogP contribution in [0.1, 0.15) is 36.9 Å². The van der Waals surface area contributed by atoms with Crippen LogP contribution in [0.3, 0.4) is 0 Å². The van der Waals surface area contributed by atoms with Gasteiger partial charge in [-0.05, 0) is 44.2 Å². The van der Waals surface area contributed by atoms with Crippen molar-refractivity contribution in [3.63, 3.8) is 0 Å². The molecular formula is C14H19ClN2S. The van der Waals surface area contributed by atoms with Crippen molar-refractivity contribution in [3.8, 4) is 0 Å². The third kappa shape index (κ3) is 3.37. The fourth-order valence-electron chi connectivity index (χ4n) is 2.03. The van der Waals surface area contributed by atoms with Crippen molar-refractivity contribution in [1.29, 1.82) is 0 Å². The standard InChI is InChI=1S/C14H19ClN2S/c1-3-8-16-11(2)13-5-4-9-17(13)10-12-6-7-14(15)18-12/h4-7,9,11,16H,3,8,10H2,1-2H3. The van der Waals surface area contributed by atoms with Crippen molar-refractivity contribution < 1.29 is 0 Å². The van der Waals surface area contributed by atoms with Gasteiger partial charge < -0.3 is 9.88 Å². The molecule has 1 atom stereocenters. The Bertz CT molecular complexity index is 489. The quantitative estimate of drug-likeness (QED) is 0.835. The second kappa shape index (κ2) is 6.41. The lowest BCUT2D eigenvalue weighted by molar-refractivity contribution is 0.535. The highest BCUT2D eigenvalue weighted by molar-refractivity contribution is 7.16. The van der Waals surface area contributed by atoms with E-state index in [1.165, 1.54) is 10.6 Å². The monoisotopic (exact) mass is 282 g/mol. The number of hydrogen-bond donors (Lipinski definition) is 1. The lowest BCUT2D eigenvalue weighted by Crippen LogP contribution is -2.21. The summed E-state index contributed by atoms with van der Waals surface area (Å²) in [4.78, 5) is 1.29.